The summed E-state index contributed by atoms with van der Waals surface area (Å²) in [4.78, 5) is 11.4. The van der Waals surface area contributed by atoms with Crippen molar-refractivity contribution in [1.29, 1.82) is 0 Å². The summed E-state index contributed by atoms with van der Waals surface area (Å²) in [5.74, 6) is 0.881. The summed E-state index contributed by atoms with van der Waals surface area (Å²) < 4.78 is 2.11. The molecule has 0 spiro atoms. The van der Waals surface area contributed by atoms with Crippen molar-refractivity contribution in [2.75, 3.05) is 4.90 Å². The Hall–Kier alpha value is -3.66. The van der Waals surface area contributed by atoms with Gasteiger partial charge in [0.1, 0.15) is 11.5 Å². The first kappa shape index (κ1) is 14.7. The first-order chi connectivity index (χ1) is 12.9. The number of nitrogens with zero attached hydrogens (tertiary/aromatic N) is 4. The highest BCUT2D eigenvalue weighted by Gasteiger charge is 2.14. The summed E-state index contributed by atoms with van der Waals surface area (Å²) in [7, 11) is 0. The van der Waals surface area contributed by atoms with Gasteiger partial charge in [0.15, 0.2) is 0 Å². The first-order valence-electron chi connectivity index (χ1n) is 8.53. The van der Waals surface area contributed by atoms with Gasteiger partial charge >= 0.3 is 0 Å². The Kier molecular flexibility index (Phi) is 3.39. The minimum atomic E-state index is 0.881. The van der Waals surface area contributed by atoms with E-state index >= 15 is 0 Å². The van der Waals surface area contributed by atoms with E-state index in [2.05, 4.69) is 49.6 Å². The lowest BCUT2D eigenvalue weighted by Crippen LogP contribution is -2.11. The number of benzene rings is 2. The molecule has 0 saturated carbocycles. The number of pyridine rings is 2. The van der Waals surface area contributed by atoms with Crippen LogP contribution in [0, 0.1) is 0 Å². The first-order valence-corrected chi connectivity index (χ1v) is 8.53. The van der Waals surface area contributed by atoms with Crippen molar-refractivity contribution in [3.05, 3.63) is 97.3 Å². The van der Waals surface area contributed by atoms with Crippen molar-refractivity contribution in [2.45, 2.75) is 0 Å². The van der Waals surface area contributed by atoms with E-state index in [1.165, 1.54) is 0 Å². The fourth-order valence-electron chi connectivity index (χ4n) is 3.27. The standard InChI is InChI=1S/C22H16N4/c1-2-8-17(9-3-1)26(21-10-4-6-14-23-21)18-12-13-19-20(16-18)25-15-7-5-11-22(25)24-19/h1-16H. The SMILES string of the molecule is c1ccc(N(c2ccc3nc4ccccn4c3c2)c2ccccn2)cc1. The van der Waals surface area contributed by atoms with Gasteiger partial charge in [-0.1, -0.05) is 30.3 Å². The van der Waals surface area contributed by atoms with Crippen LogP contribution in [0.5, 0.6) is 0 Å². The minimum Gasteiger partial charge on any atom is -0.300 e. The molecule has 4 nitrogen and oxygen atoms in total. The third-order valence-corrected chi connectivity index (χ3v) is 4.44. The molecule has 26 heavy (non-hydrogen) atoms. The number of para-hydroxylation sites is 1. The molecule has 3 aromatic heterocycles. The van der Waals surface area contributed by atoms with Crippen LogP contribution in [-0.2, 0) is 0 Å². The molecule has 4 heteroatoms. The number of anilines is 3. The van der Waals surface area contributed by atoms with E-state index in [0.717, 1.165) is 33.9 Å². The lowest BCUT2D eigenvalue weighted by Gasteiger charge is -2.24. The van der Waals surface area contributed by atoms with Crippen LogP contribution >= 0.6 is 0 Å². The van der Waals surface area contributed by atoms with Gasteiger partial charge in [0.25, 0.3) is 0 Å². The summed E-state index contributed by atoms with van der Waals surface area (Å²) in [6, 6.07) is 28.6. The average molecular weight is 336 g/mol. The van der Waals surface area contributed by atoms with Gasteiger partial charge < -0.3 is 0 Å². The highest BCUT2D eigenvalue weighted by Crippen LogP contribution is 2.34. The quantitative estimate of drug-likeness (QED) is 0.445. The van der Waals surface area contributed by atoms with Crippen LogP contribution in [0.3, 0.4) is 0 Å². The van der Waals surface area contributed by atoms with Crippen molar-refractivity contribution < 1.29 is 0 Å². The molecule has 0 N–H and O–H groups in total. The molecule has 0 unspecified atom stereocenters. The summed E-state index contributed by atoms with van der Waals surface area (Å²) in [6.07, 6.45) is 3.86. The molecule has 5 rings (SSSR count). The van der Waals surface area contributed by atoms with Crippen LogP contribution in [0.2, 0.25) is 0 Å². The smallest absolute Gasteiger partial charge is 0.137 e. The van der Waals surface area contributed by atoms with Crippen LogP contribution in [0.1, 0.15) is 0 Å². The second-order valence-electron chi connectivity index (χ2n) is 6.07. The number of hydrogen-bond acceptors (Lipinski definition) is 3. The molecular weight excluding hydrogens is 320 g/mol. The zero-order chi connectivity index (χ0) is 17.3. The molecule has 0 aliphatic heterocycles. The van der Waals surface area contributed by atoms with Gasteiger partial charge in [-0.25, -0.2) is 9.97 Å². The number of hydrogen-bond donors (Lipinski definition) is 0. The van der Waals surface area contributed by atoms with Crippen molar-refractivity contribution in [3.8, 4) is 0 Å². The van der Waals surface area contributed by atoms with Gasteiger partial charge in [-0.05, 0) is 54.6 Å². The largest absolute Gasteiger partial charge is 0.300 e. The molecule has 124 valence electrons. The van der Waals surface area contributed by atoms with Gasteiger partial charge in [0, 0.05) is 23.8 Å². The van der Waals surface area contributed by atoms with Gasteiger partial charge in [-0.3, -0.25) is 9.30 Å². The van der Waals surface area contributed by atoms with Gasteiger partial charge in [0.05, 0.1) is 11.0 Å². The fourth-order valence-corrected chi connectivity index (χ4v) is 3.27. The van der Waals surface area contributed by atoms with E-state index in [-0.39, 0.29) is 0 Å². The summed E-state index contributed by atoms with van der Waals surface area (Å²) in [6.45, 7) is 0. The number of aromatic nitrogens is 3. The van der Waals surface area contributed by atoms with E-state index in [0.29, 0.717) is 0 Å². The van der Waals surface area contributed by atoms with Crippen LogP contribution in [0.4, 0.5) is 17.2 Å². The Morgan fingerprint density at radius 1 is 0.731 bits per heavy atom. The Morgan fingerprint density at radius 2 is 1.58 bits per heavy atom. The van der Waals surface area contributed by atoms with Gasteiger partial charge in [-0.2, -0.15) is 0 Å². The highest BCUT2D eigenvalue weighted by molar-refractivity contribution is 5.87. The molecule has 5 aromatic rings. The van der Waals surface area contributed by atoms with Gasteiger partial charge in [-0.15, -0.1) is 0 Å². The van der Waals surface area contributed by atoms with Crippen LogP contribution in [0.15, 0.2) is 97.3 Å². The van der Waals surface area contributed by atoms with Crippen LogP contribution < -0.4 is 4.90 Å². The summed E-state index contributed by atoms with van der Waals surface area (Å²) in [5, 5.41) is 0. The lowest BCUT2D eigenvalue weighted by atomic mass is 10.2. The average Bonchev–Trinajstić information content (AvgIpc) is 3.08. The Bertz CT molecular complexity index is 1140. The summed E-state index contributed by atoms with van der Waals surface area (Å²) >= 11 is 0. The molecule has 2 aromatic carbocycles. The van der Waals surface area contributed by atoms with Crippen molar-refractivity contribution >= 4 is 33.9 Å². The predicted octanol–water partition coefficient (Wildman–Crippen LogP) is 5.35. The second kappa shape index (κ2) is 6.01. The second-order valence-corrected chi connectivity index (χ2v) is 6.07. The van der Waals surface area contributed by atoms with Crippen LogP contribution in [-0.4, -0.2) is 14.4 Å². The number of imidazole rings is 1. The van der Waals surface area contributed by atoms with Gasteiger partial charge in [0.2, 0.25) is 0 Å². The lowest BCUT2D eigenvalue weighted by molar-refractivity contribution is 1.18. The Balaban J connectivity index is 1.75. The topological polar surface area (TPSA) is 33.4 Å². The maximum absolute atomic E-state index is 4.69. The van der Waals surface area contributed by atoms with Crippen molar-refractivity contribution in [2.24, 2.45) is 0 Å². The zero-order valence-corrected chi connectivity index (χ0v) is 14.0. The molecule has 3 heterocycles. The maximum atomic E-state index is 4.69. The van der Waals surface area contributed by atoms with E-state index in [4.69, 9.17) is 0 Å². The molecule has 0 radical (unpaired) electrons. The minimum absolute atomic E-state index is 0.881. The fraction of sp³-hybridized carbons (Fsp3) is 0. The Labute approximate surface area is 151 Å². The zero-order valence-electron chi connectivity index (χ0n) is 14.0. The molecule has 0 aliphatic rings. The van der Waals surface area contributed by atoms with E-state index in [9.17, 15) is 0 Å². The summed E-state index contributed by atoms with van der Waals surface area (Å²) in [5.41, 5.74) is 5.13. The monoisotopic (exact) mass is 336 g/mol. The highest BCUT2D eigenvalue weighted by atomic mass is 15.2. The van der Waals surface area contributed by atoms with Crippen molar-refractivity contribution in [1.82, 2.24) is 14.4 Å². The van der Waals surface area contributed by atoms with E-state index in [1.54, 1.807) is 0 Å². The molecular formula is C22H16N4. The van der Waals surface area contributed by atoms with E-state index in [1.807, 2.05) is 67.0 Å². The maximum Gasteiger partial charge on any atom is 0.137 e. The number of fused-ring (bicyclic) bond motifs is 3. The van der Waals surface area contributed by atoms with Crippen LogP contribution in [0.25, 0.3) is 16.7 Å². The third kappa shape index (κ3) is 2.40. The number of rotatable bonds is 3. The molecule has 0 amide bonds. The van der Waals surface area contributed by atoms with E-state index < -0.39 is 0 Å². The molecule has 0 saturated heterocycles. The van der Waals surface area contributed by atoms with Crippen molar-refractivity contribution in [3.63, 3.8) is 0 Å². The molecule has 0 bridgehead atoms. The molecule has 0 fully saturated rings. The molecule has 0 aliphatic carbocycles. The Morgan fingerprint density at radius 3 is 2.42 bits per heavy atom. The predicted molar refractivity (Wildman–Crippen MR) is 105 cm³/mol. The third-order valence-electron chi connectivity index (χ3n) is 4.44. The molecule has 0 atom stereocenters. The normalized spacial score (nSPS) is 11.1.